The predicted molar refractivity (Wildman–Crippen MR) is 63.9 cm³/mol. The molecule has 1 amide bonds. The van der Waals surface area contributed by atoms with Crippen molar-refractivity contribution < 1.29 is 19.4 Å². The van der Waals surface area contributed by atoms with Gasteiger partial charge in [0.05, 0.1) is 0 Å². The highest BCUT2D eigenvalue weighted by atomic mass is 16.6. The van der Waals surface area contributed by atoms with Gasteiger partial charge in [-0.2, -0.15) is 0 Å². The van der Waals surface area contributed by atoms with Gasteiger partial charge in [0, 0.05) is 13.1 Å². The maximum Gasteiger partial charge on any atom is 0.408 e. The second kappa shape index (κ2) is 6.90. The molecule has 0 aliphatic rings. The third kappa shape index (κ3) is 8.27. The van der Waals surface area contributed by atoms with Crippen LogP contribution in [-0.2, 0) is 9.53 Å². The van der Waals surface area contributed by atoms with Crippen molar-refractivity contribution in [2.75, 3.05) is 13.1 Å². The number of hydrogen-bond acceptors (Lipinski definition) is 4. The zero-order valence-corrected chi connectivity index (χ0v) is 10.4. The lowest BCUT2D eigenvalue weighted by Gasteiger charge is -2.22. The van der Waals surface area contributed by atoms with E-state index in [0.717, 1.165) is 0 Å². The summed E-state index contributed by atoms with van der Waals surface area (Å²) in [4.78, 5) is 22.2. The van der Waals surface area contributed by atoms with E-state index in [2.05, 4.69) is 17.2 Å². The highest BCUT2D eigenvalue weighted by Gasteiger charge is 2.23. The van der Waals surface area contributed by atoms with E-state index in [9.17, 15) is 9.59 Å². The zero-order chi connectivity index (χ0) is 13.5. The fourth-order valence-corrected chi connectivity index (χ4v) is 0.980. The predicted octanol–water partition coefficient (Wildman–Crippen LogP) is 0.740. The van der Waals surface area contributed by atoms with Crippen molar-refractivity contribution in [1.29, 1.82) is 0 Å². The molecule has 17 heavy (non-hydrogen) atoms. The molecule has 0 aromatic carbocycles. The Labute approximate surface area is 101 Å². The van der Waals surface area contributed by atoms with Crippen LogP contribution in [0.1, 0.15) is 20.8 Å². The topological polar surface area (TPSA) is 87.7 Å². The van der Waals surface area contributed by atoms with Crippen molar-refractivity contribution in [2.45, 2.75) is 32.4 Å². The van der Waals surface area contributed by atoms with E-state index in [0.29, 0.717) is 6.54 Å². The normalized spacial score (nSPS) is 12.6. The minimum atomic E-state index is -1.12. The number of carboxylic acid groups (broad SMARTS) is 1. The summed E-state index contributed by atoms with van der Waals surface area (Å²) in [6.07, 6.45) is 0.858. The Bertz CT molecular complexity index is 284. The molecule has 0 bridgehead atoms. The molecule has 0 radical (unpaired) electrons. The summed E-state index contributed by atoms with van der Waals surface area (Å²) in [7, 11) is 0. The lowest BCUT2D eigenvalue weighted by Crippen LogP contribution is -2.48. The molecule has 0 aliphatic heterocycles. The van der Waals surface area contributed by atoms with Crippen LogP contribution in [0.3, 0.4) is 0 Å². The Morgan fingerprint density at radius 3 is 2.47 bits per heavy atom. The first-order valence-electron chi connectivity index (χ1n) is 5.30. The van der Waals surface area contributed by atoms with Crippen molar-refractivity contribution in [3.63, 3.8) is 0 Å². The molecule has 0 fully saturated rings. The van der Waals surface area contributed by atoms with Crippen LogP contribution < -0.4 is 10.6 Å². The molecular weight excluding hydrogens is 224 g/mol. The van der Waals surface area contributed by atoms with E-state index in [1.54, 1.807) is 26.8 Å². The zero-order valence-electron chi connectivity index (χ0n) is 10.4. The lowest BCUT2D eigenvalue weighted by molar-refractivity contribution is -0.139. The van der Waals surface area contributed by atoms with E-state index in [-0.39, 0.29) is 6.54 Å². The Morgan fingerprint density at radius 2 is 2.06 bits per heavy atom. The number of nitrogens with one attached hydrogen (secondary N) is 2. The van der Waals surface area contributed by atoms with Crippen molar-refractivity contribution in [2.24, 2.45) is 0 Å². The van der Waals surface area contributed by atoms with Crippen LogP contribution in [0, 0.1) is 0 Å². The maximum absolute atomic E-state index is 11.4. The summed E-state index contributed by atoms with van der Waals surface area (Å²) < 4.78 is 4.96. The molecule has 6 heteroatoms. The molecule has 0 heterocycles. The van der Waals surface area contributed by atoms with Gasteiger partial charge in [0.1, 0.15) is 11.6 Å². The molecule has 98 valence electrons. The fraction of sp³-hybridized carbons (Fsp3) is 0.636. The van der Waals surface area contributed by atoms with Crippen LogP contribution in [0.2, 0.25) is 0 Å². The van der Waals surface area contributed by atoms with Crippen molar-refractivity contribution in [3.8, 4) is 0 Å². The minimum Gasteiger partial charge on any atom is -0.480 e. The van der Waals surface area contributed by atoms with Gasteiger partial charge in [-0.3, -0.25) is 0 Å². The number of carbonyl (C=O) groups excluding carboxylic acids is 1. The largest absolute Gasteiger partial charge is 0.480 e. The number of hydrogen-bond donors (Lipinski definition) is 3. The Kier molecular flexibility index (Phi) is 6.27. The van der Waals surface area contributed by atoms with E-state index in [1.165, 1.54) is 0 Å². The fourth-order valence-electron chi connectivity index (χ4n) is 0.980. The van der Waals surface area contributed by atoms with E-state index < -0.39 is 23.7 Å². The van der Waals surface area contributed by atoms with Crippen LogP contribution in [0.25, 0.3) is 0 Å². The number of ether oxygens (including phenoxy) is 1. The van der Waals surface area contributed by atoms with Gasteiger partial charge in [0.25, 0.3) is 0 Å². The molecule has 1 atom stereocenters. The molecule has 3 N–H and O–H groups in total. The summed E-state index contributed by atoms with van der Waals surface area (Å²) >= 11 is 0. The summed E-state index contributed by atoms with van der Waals surface area (Å²) in [6, 6.07) is -1.02. The first-order chi connectivity index (χ1) is 7.76. The molecule has 0 aromatic heterocycles. The van der Waals surface area contributed by atoms with Crippen LogP contribution in [0.15, 0.2) is 12.7 Å². The Hall–Kier alpha value is -1.56. The molecule has 6 nitrogen and oxygen atoms in total. The van der Waals surface area contributed by atoms with Gasteiger partial charge in [-0.1, -0.05) is 6.08 Å². The van der Waals surface area contributed by atoms with E-state index >= 15 is 0 Å². The van der Waals surface area contributed by atoms with Gasteiger partial charge in [0.2, 0.25) is 0 Å². The quantitative estimate of drug-likeness (QED) is 0.474. The average Bonchev–Trinajstić information content (AvgIpc) is 2.13. The van der Waals surface area contributed by atoms with Crippen LogP contribution in [-0.4, -0.2) is 41.9 Å². The summed E-state index contributed by atoms with van der Waals surface area (Å²) in [5, 5.41) is 14.0. The van der Waals surface area contributed by atoms with Crippen molar-refractivity contribution in [3.05, 3.63) is 12.7 Å². The smallest absolute Gasteiger partial charge is 0.408 e. The van der Waals surface area contributed by atoms with Gasteiger partial charge >= 0.3 is 12.1 Å². The number of aliphatic carboxylic acids is 1. The first kappa shape index (κ1) is 15.4. The van der Waals surface area contributed by atoms with Crippen LogP contribution >= 0.6 is 0 Å². The van der Waals surface area contributed by atoms with Gasteiger partial charge < -0.3 is 20.5 Å². The minimum absolute atomic E-state index is 0.112. The Morgan fingerprint density at radius 1 is 1.47 bits per heavy atom. The first-order valence-corrected chi connectivity index (χ1v) is 5.30. The molecule has 0 aliphatic carbocycles. The molecule has 0 aromatic rings. The average molecular weight is 244 g/mol. The lowest BCUT2D eigenvalue weighted by atomic mass is 10.2. The number of carboxylic acids is 1. The molecule has 1 unspecified atom stereocenters. The number of carbonyl (C=O) groups is 2. The van der Waals surface area contributed by atoms with Crippen LogP contribution in [0.4, 0.5) is 4.79 Å². The maximum atomic E-state index is 11.4. The highest BCUT2D eigenvalue weighted by molar-refractivity contribution is 5.80. The van der Waals surface area contributed by atoms with Crippen LogP contribution in [0.5, 0.6) is 0 Å². The molecule has 0 saturated heterocycles. The molecule has 0 spiro atoms. The van der Waals surface area contributed by atoms with Crippen molar-refractivity contribution >= 4 is 12.1 Å². The Balaban J connectivity index is 4.20. The van der Waals surface area contributed by atoms with E-state index in [1.807, 2.05) is 0 Å². The van der Waals surface area contributed by atoms with Gasteiger partial charge in [-0.25, -0.2) is 9.59 Å². The SMILES string of the molecule is C=CCNCC(NC(=O)OC(C)(C)C)C(=O)O. The third-order valence-electron chi connectivity index (χ3n) is 1.63. The number of rotatable bonds is 6. The molecule has 0 rings (SSSR count). The van der Waals surface area contributed by atoms with Gasteiger partial charge in [-0.05, 0) is 20.8 Å². The number of amides is 1. The van der Waals surface area contributed by atoms with Gasteiger partial charge in [-0.15, -0.1) is 6.58 Å². The second-order valence-electron chi connectivity index (χ2n) is 4.48. The van der Waals surface area contributed by atoms with E-state index in [4.69, 9.17) is 9.84 Å². The second-order valence-corrected chi connectivity index (χ2v) is 4.48. The molecule has 0 saturated carbocycles. The van der Waals surface area contributed by atoms with Crippen molar-refractivity contribution in [1.82, 2.24) is 10.6 Å². The standard InChI is InChI=1S/C11H20N2O4/c1-5-6-12-7-8(9(14)15)13-10(16)17-11(2,3)4/h5,8,12H,1,6-7H2,2-4H3,(H,13,16)(H,14,15). The monoisotopic (exact) mass is 244 g/mol. The summed E-state index contributed by atoms with van der Waals surface area (Å²) in [5.74, 6) is -1.12. The molecular formula is C11H20N2O4. The van der Waals surface area contributed by atoms with Gasteiger partial charge in [0.15, 0.2) is 0 Å². The summed E-state index contributed by atoms with van der Waals surface area (Å²) in [5.41, 5.74) is -0.651. The highest BCUT2D eigenvalue weighted by Crippen LogP contribution is 2.06. The third-order valence-corrected chi connectivity index (χ3v) is 1.63. The summed E-state index contributed by atoms with van der Waals surface area (Å²) in [6.45, 7) is 9.19. The number of alkyl carbamates (subject to hydrolysis) is 1.